The molecule has 2 aliphatic heterocycles. The number of carbonyl (C=O) groups excluding carboxylic acids is 1. The number of amides is 1. The number of carbonyl (C=O) groups is 1. The minimum absolute atomic E-state index is 0.00461. The van der Waals surface area contributed by atoms with Crippen LogP contribution in [0.4, 0.5) is 0 Å². The molecular weight excluding hydrogens is 220 g/mol. The Kier molecular flexibility index (Phi) is 4.36. The van der Waals surface area contributed by atoms with Gasteiger partial charge < -0.3 is 20.5 Å². The van der Waals surface area contributed by atoms with E-state index in [2.05, 4.69) is 5.32 Å². The third-order valence-electron chi connectivity index (χ3n) is 3.76. The van der Waals surface area contributed by atoms with Crippen molar-refractivity contribution in [3.63, 3.8) is 0 Å². The van der Waals surface area contributed by atoms with Crippen LogP contribution in [-0.4, -0.2) is 44.4 Å². The molecule has 17 heavy (non-hydrogen) atoms. The number of ether oxygens (including phenoxy) is 2. The molecule has 0 aromatic carbocycles. The lowest BCUT2D eigenvalue weighted by molar-refractivity contribution is -0.132. The Balaban J connectivity index is 1.90. The minimum atomic E-state index is -0.257. The monoisotopic (exact) mass is 242 g/mol. The molecule has 98 valence electrons. The van der Waals surface area contributed by atoms with Crippen molar-refractivity contribution in [2.24, 2.45) is 11.7 Å². The van der Waals surface area contributed by atoms with Gasteiger partial charge in [-0.15, -0.1) is 0 Å². The Morgan fingerprint density at radius 1 is 1.29 bits per heavy atom. The Hall–Kier alpha value is -0.650. The van der Waals surface area contributed by atoms with Crippen LogP contribution in [0.1, 0.15) is 25.7 Å². The van der Waals surface area contributed by atoms with Crippen molar-refractivity contribution in [3.05, 3.63) is 0 Å². The highest BCUT2D eigenvalue weighted by Gasteiger charge is 2.35. The summed E-state index contributed by atoms with van der Waals surface area (Å²) in [5, 5.41) is 3.13. The number of nitrogens with one attached hydrogen (secondary N) is 1. The predicted molar refractivity (Wildman–Crippen MR) is 63.5 cm³/mol. The van der Waals surface area contributed by atoms with Gasteiger partial charge in [-0.05, 0) is 25.7 Å². The van der Waals surface area contributed by atoms with Crippen molar-refractivity contribution >= 4 is 5.91 Å². The smallest absolute Gasteiger partial charge is 0.225 e. The fraction of sp³-hybridized carbons (Fsp3) is 0.917. The first-order valence-corrected chi connectivity index (χ1v) is 6.43. The van der Waals surface area contributed by atoms with Crippen LogP contribution in [0.15, 0.2) is 0 Å². The standard InChI is InChI=1S/C12H22N2O3/c13-9-12(3-6-16-7-4-12)14-11(15)10-2-1-5-17-8-10/h10H,1-9,13H2,(H,14,15). The second-order valence-electron chi connectivity index (χ2n) is 5.00. The second kappa shape index (κ2) is 5.80. The maximum atomic E-state index is 12.1. The minimum Gasteiger partial charge on any atom is -0.381 e. The van der Waals surface area contributed by atoms with E-state index in [-0.39, 0.29) is 17.4 Å². The molecule has 2 rings (SSSR count). The van der Waals surface area contributed by atoms with E-state index in [1.54, 1.807) is 0 Å². The molecule has 5 nitrogen and oxygen atoms in total. The van der Waals surface area contributed by atoms with Gasteiger partial charge in [0.2, 0.25) is 5.91 Å². The molecule has 1 unspecified atom stereocenters. The lowest BCUT2D eigenvalue weighted by Crippen LogP contribution is -2.58. The molecule has 0 spiro atoms. The average Bonchev–Trinajstić information content (AvgIpc) is 2.41. The molecule has 3 N–H and O–H groups in total. The Labute approximate surface area is 102 Å². The van der Waals surface area contributed by atoms with Gasteiger partial charge in [-0.25, -0.2) is 0 Å². The summed E-state index contributed by atoms with van der Waals surface area (Å²) in [6.45, 7) is 3.16. The zero-order valence-electron chi connectivity index (χ0n) is 10.2. The zero-order valence-corrected chi connectivity index (χ0v) is 10.2. The van der Waals surface area contributed by atoms with Crippen LogP contribution in [0.3, 0.4) is 0 Å². The Morgan fingerprint density at radius 2 is 2.06 bits per heavy atom. The summed E-state index contributed by atoms with van der Waals surface area (Å²) in [5.41, 5.74) is 5.56. The first kappa shape index (κ1) is 12.8. The molecule has 0 aromatic heterocycles. The first-order valence-electron chi connectivity index (χ1n) is 6.43. The first-order chi connectivity index (χ1) is 8.26. The molecule has 0 radical (unpaired) electrons. The molecule has 0 saturated carbocycles. The molecule has 2 aliphatic rings. The van der Waals surface area contributed by atoms with Gasteiger partial charge in [-0.1, -0.05) is 0 Å². The van der Waals surface area contributed by atoms with Gasteiger partial charge in [-0.2, -0.15) is 0 Å². The van der Waals surface area contributed by atoms with Crippen molar-refractivity contribution in [3.8, 4) is 0 Å². The molecule has 5 heteroatoms. The van der Waals surface area contributed by atoms with E-state index in [1.807, 2.05) is 0 Å². The van der Waals surface area contributed by atoms with Gasteiger partial charge in [0.05, 0.1) is 18.1 Å². The zero-order chi connectivity index (χ0) is 12.1. The number of nitrogens with two attached hydrogens (primary N) is 1. The molecule has 2 fully saturated rings. The molecule has 1 amide bonds. The normalized spacial score (nSPS) is 28.6. The predicted octanol–water partition coefficient (Wildman–Crippen LogP) is 0.0371. The summed E-state index contributed by atoms with van der Waals surface area (Å²) < 4.78 is 10.7. The summed E-state index contributed by atoms with van der Waals surface area (Å²) >= 11 is 0. The van der Waals surface area contributed by atoms with Crippen LogP contribution in [0.2, 0.25) is 0 Å². The van der Waals surface area contributed by atoms with Crippen LogP contribution < -0.4 is 11.1 Å². The van der Waals surface area contributed by atoms with Crippen LogP contribution in [0.25, 0.3) is 0 Å². The number of hydrogen-bond acceptors (Lipinski definition) is 4. The van der Waals surface area contributed by atoms with E-state index in [0.29, 0.717) is 26.4 Å². The van der Waals surface area contributed by atoms with Gasteiger partial charge in [0.15, 0.2) is 0 Å². The number of rotatable bonds is 3. The summed E-state index contributed by atoms with van der Waals surface area (Å²) in [4.78, 5) is 12.1. The highest BCUT2D eigenvalue weighted by atomic mass is 16.5. The summed E-state index contributed by atoms with van der Waals surface area (Å²) in [6.07, 6.45) is 3.51. The molecular formula is C12H22N2O3. The average molecular weight is 242 g/mol. The van der Waals surface area contributed by atoms with E-state index >= 15 is 0 Å². The third kappa shape index (κ3) is 3.18. The lowest BCUT2D eigenvalue weighted by atomic mass is 9.88. The molecule has 2 heterocycles. The van der Waals surface area contributed by atoms with Gasteiger partial charge in [-0.3, -0.25) is 4.79 Å². The van der Waals surface area contributed by atoms with E-state index in [0.717, 1.165) is 32.3 Å². The van der Waals surface area contributed by atoms with E-state index in [1.165, 1.54) is 0 Å². The fourth-order valence-electron chi connectivity index (χ4n) is 2.45. The van der Waals surface area contributed by atoms with Crippen molar-refractivity contribution in [1.82, 2.24) is 5.32 Å². The van der Waals surface area contributed by atoms with E-state index in [4.69, 9.17) is 15.2 Å². The van der Waals surface area contributed by atoms with Crippen LogP contribution in [0, 0.1) is 5.92 Å². The molecule has 0 bridgehead atoms. The van der Waals surface area contributed by atoms with E-state index in [9.17, 15) is 4.79 Å². The van der Waals surface area contributed by atoms with E-state index < -0.39 is 0 Å². The highest BCUT2D eigenvalue weighted by molar-refractivity contribution is 5.79. The van der Waals surface area contributed by atoms with Crippen molar-refractivity contribution in [2.45, 2.75) is 31.2 Å². The van der Waals surface area contributed by atoms with Gasteiger partial charge in [0.1, 0.15) is 0 Å². The number of hydrogen-bond donors (Lipinski definition) is 2. The lowest BCUT2D eigenvalue weighted by Gasteiger charge is -2.38. The molecule has 1 atom stereocenters. The summed E-state index contributed by atoms with van der Waals surface area (Å²) in [7, 11) is 0. The van der Waals surface area contributed by atoms with Gasteiger partial charge in [0.25, 0.3) is 0 Å². The van der Waals surface area contributed by atoms with Crippen LogP contribution in [0.5, 0.6) is 0 Å². The largest absolute Gasteiger partial charge is 0.381 e. The van der Waals surface area contributed by atoms with Crippen molar-refractivity contribution in [1.29, 1.82) is 0 Å². The second-order valence-corrected chi connectivity index (χ2v) is 5.00. The summed E-state index contributed by atoms with van der Waals surface area (Å²) in [6, 6.07) is 0. The topological polar surface area (TPSA) is 73.6 Å². The molecule has 2 saturated heterocycles. The summed E-state index contributed by atoms with van der Waals surface area (Å²) in [5.74, 6) is 0.0899. The molecule has 0 aliphatic carbocycles. The highest BCUT2D eigenvalue weighted by Crippen LogP contribution is 2.21. The maximum Gasteiger partial charge on any atom is 0.225 e. The van der Waals surface area contributed by atoms with Gasteiger partial charge in [0, 0.05) is 26.4 Å². The quantitative estimate of drug-likeness (QED) is 0.732. The van der Waals surface area contributed by atoms with Crippen LogP contribution in [-0.2, 0) is 14.3 Å². The van der Waals surface area contributed by atoms with Crippen molar-refractivity contribution < 1.29 is 14.3 Å². The van der Waals surface area contributed by atoms with Crippen molar-refractivity contribution in [2.75, 3.05) is 33.0 Å². The Morgan fingerprint density at radius 3 is 2.65 bits per heavy atom. The molecule has 0 aromatic rings. The fourth-order valence-corrected chi connectivity index (χ4v) is 2.45. The maximum absolute atomic E-state index is 12.1. The SMILES string of the molecule is NCC1(NC(=O)C2CCCOC2)CCOCC1. The van der Waals surface area contributed by atoms with Gasteiger partial charge >= 0.3 is 0 Å². The van der Waals surface area contributed by atoms with Crippen LogP contribution >= 0.6 is 0 Å². The third-order valence-corrected chi connectivity index (χ3v) is 3.76. The Bertz CT molecular complexity index is 258.